The van der Waals surface area contributed by atoms with Gasteiger partial charge in [-0.05, 0) is 53.6 Å². The first-order valence-corrected chi connectivity index (χ1v) is 12.0. The zero-order chi connectivity index (χ0) is 23.7. The second kappa shape index (κ2) is 9.79. The van der Waals surface area contributed by atoms with Crippen LogP contribution in [0.15, 0.2) is 66.9 Å². The van der Waals surface area contributed by atoms with Gasteiger partial charge in [-0.15, -0.1) is 0 Å². The summed E-state index contributed by atoms with van der Waals surface area (Å²) >= 11 is 18.7. The van der Waals surface area contributed by atoms with E-state index in [-0.39, 0.29) is 24.3 Å². The Balaban J connectivity index is 1.36. The molecule has 4 aromatic rings. The topological polar surface area (TPSA) is 63.4 Å². The predicted octanol–water partition coefficient (Wildman–Crippen LogP) is 6.61. The van der Waals surface area contributed by atoms with E-state index in [1.54, 1.807) is 12.1 Å². The fourth-order valence-electron chi connectivity index (χ4n) is 4.19. The van der Waals surface area contributed by atoms with E-state index in [4.69, 9.17) is 44.3 Å². The summed E-state index contributed by atoms with van der Waals surface area (Å²) in [6.45, 7) is 0.704. The van der Waals surface area contributed by atoms with Crippen molar-refractivity contribution in [2.45, 2.75) is 18.4 Å². The number of halogens is 3. The molecule has 34 heavy (non-hydrogen) atoms. The second-order valence-electron chi connectivity index (χ2n) is 8.17. The summed E-state index contributed by atoms with van der Waals surface area (Å²) in [5, 5.41) is 5.47. The molecule has 0 radical (unpaired) electrons. The molecule has 0 saturated heterocycles. The minimum absolute atomic E-state index is 0.116. The molecule has 1 amide bonds. The Morgan fingerprint density at radius 3 is 2.68 bits per heavy atom. The molecule has 5 rings (SSSR count). The monoisotopic (exact) mass is 514 g/mol. The first-order chi connectivity index (χ1) is 16.5. The summed E-state index contributed by atoms with van der Waals surface area (Å²) < 4.78 is 11.7. The molecule has 2 N–H and O–H groups in total. The van der Waals surface area contributed by atoms with Gasteiger partial charge in [0.2, 0.25) is 5.91 Å². The minimum atomic E-state index is -0.269. The van der Waals surface area contributed by atoms with Crippen LogP contribution in [0.3, 0.4) is 0 Å². The van der Waals surface area contributed by atoms with Crippen molar-refractivity contribution < 1.29 is 14.3 Å². The molecule has 5 nitrogen and oxygen atoms in total. The number of carbonyl (C=O) groups is 1. The quantitative estimate of drug-likeness (QED) is 0.304. The number of nitrogens with one attached hydrogen (secondary N) is 2. The van der Waals surface area contributed by atoms with Crippen molar-refractivity contribution in [1.29, 1.82) is 0 Å². The van der Waals surface area contributed by atoms with Crippen LogP contribution in [-0.4, -0.2) is 30.1 Å². The number of hydrogen-bond donors (Lipinski definition) is 2. The van der Waals surface area contributed by atoms with Crippen molar-refractivity contribution in [3.05, 3.63) is 93.1 Å². The summed E-state index contributed by atoms with van der Waals surface area (Å²) in [6, 6.07) is 18.6. The molecular formula is C26H21Cl3N2O3. The first-order valence-electron chi connectivity index (χ1n) is 10.8. The third-order valence-electron chi connectivity index (χ3n) is 5.88. The van der Waals surface area contributed by atoms with Gasteiger partial charge in [0.25, 0.3) is 0 Å². The molecule has 0 unspecified atom stereocenters. The summed E-state index contributed by atoms with van der Waals surface area (Å²) in [5.74, 6) is 1.02. The zero-order valence-corrected chi connectivity index (χ0v) is 20.3. The van der Waals surface area contributed by atoms with E-state index in [1.165, 1.54) is 0 Å². The highest BCUT2D eigenvalue weighted by molar-refractivity contribution is 6.42. The zero-order valence-electron chi connectivity index (χ0n) is 18.0. The van der Waals surface area contributed by atoms with Crippen molar-refractivity contribution in [3.63, 3.8) is 0 Å². The number of carbonyl (C=O) groups excluding carboxylic acids is 1. The molecule has 8 heteroatoms. The van der Waals surface area contributed by atoms with Crippen LogP contribution in [0.4, 0.5) is 0 Å². The van der Waals surface area contributed by atoms with Crippen LogP contribution in [0.25, 0.3) is 10.9 Å². The Hall–Kier alpha value is -2.86. The number of ether oxygens (including phenoxy) is 2. The van der Waals surface area contributed by atoms with Gasteiger partial charge in [-0.1, -0.05) is 53.0 Å². The fourth-order valence-corrected chi connectivity index (χ4v) is 4.67. The van der Waals surface area contributed by atoms with Crippen LogP contribution < -0.4 is 14.8 Å². The Morgan fingerprint density at radius 2 is 1.85 bits per heavy atom. The van der Waals surface area contributed by atoms with Crippen molar-refractivity contribution in [2.75, 3.05) is 13.2 Å². The summed E-state index contributed by atoms with van der Waals surface area (Å²) in [4.78, 5) is 16.3. The maximum atomic E-state index is 13.1. The van der Waals surface area contributed by atoms with Crippen molar-refractivity contribution in [2.24, 2.45) is 0 Å². The van der Waals surface area contributed by atoms with Gasteiger partial charge >= 0.3 is 0 Å². The summed E-state index contributed by atoms with van der Waals surface area (Å²) in [7, 11) is 0. The highest BCUT2D eigenvalue weighted by Crippen LogP contribution is 2.37. The maximum absolute atomic E-state index is 13.1. The number of para-hydroxylation sites is 2. The molecule has 174 valence electrons. The van der Waals surface area contributed by atoms with E-state index in [2.05, 4.69) is 10.3 Å². The van der Waals surface area contributed by atoms with E-state index in [0.29, 0.717) is 39.7 Å². The number of hydrogen-bond acceptors (Lipinski definition) is 3. The molecule has 0 aliphatic carbocycles. The summed E-state index contributed by atoms with van der Waals surface area (Å²) in [5.41, 5.74) is 2.78. The Bertz CT molecular complexity index is 1350. The van der Waals surface area contributed by atoms with Gasteiger partial charge in [-0.2, -0.15) is 0 Å². The average Bonchev–Trinajstić information content (AvgIpc) is 3.25. The molecule has 1 aromatic heterocycles. The number of amides is 1. The Labute approximate surface area is 211 Å². The molecular weight excluding hydrogens is 495 g/mol. The van der Waals surface area contributed by atoms with Gasteiger partial charge in [-0.3, -0.25) is 4.79 Å². The van der Waals surface area contributed by atoms with Crippen LogP contribution in [0, 0.1) is 0 Å². The van der Waals surface area contributed by atoms with E-state index in [9.17, 15) is 4.79 Å². The van der Waals surface area contributed by atoms with Crippen LogP contribution in [-0.2, 0) is 4.79 Å². The van der Waals surface area contributed by atoms with E-state index in [1.807, 2.05) is 54.7 Å². The molecule has 0 fully saturated rings. The largest absolute Gasteiger partial charge is 0.486 e. The lowest BCUT2D eigenvalue weighted by molar-refractivity contribution is -0.121. The van der Waals surface area contributed by atoms with Crippen molar-refractivity contribution in [3.8, 4) is 11.5 Å². The lowest BCUT2D eigenvalue weighted by Crippen LogP contribution is -2.41. The van der Waals surface area contributed by atoms with E-state index < -0.39 is 0 Å². The second-order valence-corrected chi connectivity index (χ2v) is 9.42. The molecule has 2 atom stereocenters. The summed E-state index contributed by atoms with van der Waals surface area (Å²) in [6.07, 6.45) is 1.85. The van der Waals surface area contributed by atoms with Gasteiger partial charge in [0, 0.05) is 34.5 Å². The SMILES string of the molecule is O=C(C[C@@H](c1ccc(Cl)c(Cl)c1)c1c[nH]c2ccc(Cl)cc12)NC[C@@H]1COc2ccccc2O1. The van der Waals surface area contributed by atoms with Gasteiger partial charge in [0.05, 0.1) is 16.6 Å². The number of fused-ring (bicyclic) bond motifs is 2. The van der Waals surface area contributed by atoms with Crippen LogP contribution in [0.1, 0.15) is 23.5 Å². The normalized spacial score (nSPS) is 15.8. The Morgan fingerprint density at radius 1 is 1.03 bits per heavy atom. The van der Waals surface area contributed by atoms with Crippen molar-refractivity contribution in [1.82, 2.24) is 10.3 Å². The number of rotatable bonds is 6. The van der Waals surface area contributed by atoms with Crippen LogP contribution in [0.2, 0.25) is 15.1 Å². The fraction of sp³-hybridized carbons (Fsp3) is 0.192. The number of benzene rings is 3. The number of H-pyrrole nitrogens is 1. The van der Waals surface area contributed by atoms with E-state index in [0.717, 1.165) is 22.0 Å². The first kappa shape index (κ1) is 22.9. The highest BCUT2D eigenvalue weighted by Gasteiger charge is 2.25. The predicted molar refractivity (Wildman–Crippen MR) is 136 cm³/mol. The maximum Gasteiger partial charge on any atom is 0.221 e. The van der Waals surface area contributed by atoms with Crippen LogP contribution in [0.5, 0.6) is 11.5 Å². The van der Waals surface area contributed by atoms with E-state index >= 15 is 0 Å². The molecule has 1 aliphatic rings. The van der Waals surface area contributed by atoms with Gasteiger partial charge < -0.3 is 19.8 Å². The molecule has 0 bridgehead atoms. The number of aromatic amines is 1. The van der Waals surface area contributed by atoms with Crippen molar-refractivity contribution >= 4 is 51.6 Å². The molecule has 1 aliphatic heterocycles. The lowest BCUT2D eigenvalue weighted by atomic mass is 9.88. The van der Waals surface area contributed by atoms with Gasteiger partial charge in [0.15, 0.2) is 11.5 Å². The average molecular weight is 516 g/mol. The smallest absolute Gasteiger partial charge is 0.221 e. The third-order valence-corrected chi connectivity index (χ3v) is 6.86. The van der Waals surface area contributed by atoms with Crippen LogP contribution >= 0.6 is 34.8 Å². The Kier molecular flexibility index (Phi) is 6.59. The number of aromatic nitrogens is 1. The molecule has 0 saturated carbocycles. The molecule has 0 spiro atoms. The standard InChI is InChI=1S/C26H21Cl3N2O3/c27-16-6-8-23-19(10-16)20(13-30-23)18(15-5-7-21(28)22(29)9-15)11-26(32)31-12-17-14-33-24-3-1-2-4-25(24)34-17/h1-10,13,17-18,30H,11-12,14H2,(H,31,32)/t17-,18+/m1/s1. The third kappa shape index (κ3) is 4.83. The minimum Gasteiger partial charge on any atom is -0.486 e. The van der Waals surface area contributed by atoms with Gasteiger partial charge in [-0.25, -0.2) is 0 Å². The molecule has 3 aromatic carbocycles. The highest BCUT2D eigenvalue weighted by atomic mass is 35.5. The molecule has 2 heterocycles. The lowest BCUT2D eigenvalue weighted by Gasteiger charge is -2.26. The van der Waals surface area contributed by atoms with Gasteiger partial charge in [0.1, 0.15) is 12.7 Å².